The van der Waals surface area contributed by atoms with Crippen LogP contribution in [-0.4, -0.2) is 20.8 Å². The second-order valence-corrected chi connectivity index (χ2v) is 9.17. The maximum absolute atomic E-state index is 13.1. The quantitative estimate of drug-likeness (QED) is 0.319. The van der Waals surface area contributed by atoms with Crippen LogP contribution in [0.2, 0.25) is 0 Å². The summed E-state index contributed by atoms with van der Waals surface area (Å²) in [5.41, 5.74) is 6.60. The molecule has 0 aliphatic rings. The van der Waals surface area contributed by atoms with Crippen LogP contribution >= 0.6 is 15.9 Å². The Bertz CT molecular complexity index is 1340. The Hall–Kier alpha value is -3.39. The second kappa shape index (κ2) is 9.85. The van der Waals surface area contributed by atoms with Crippen molar-refractivity contribution in [3.63, 3.8) is 0 Å². The molecule has 4 rings (SSSR count). The molecule has 0 saturated carbocycles. The number of rotatable bonds is 7. The number of halogens is 1. The van der Waals surface area contributed by atoms with Gasteiger partial charge in [-0.05, 0) is 79.4 Å². The number of anilines is 1. The molecule has 0 saturated heterocycles. The Morgan fingerprint density at radius 2 is 1.79 bits per heavy atom. The molecular formula is C26H27BrN4O3. The van der Waals surface area contributed by atoms with Crippen LogP contribution in [0.5, 0.6) is 5.75 Å². The van der Waals surface area contributed by atoms with Gasteiger partial charge in [-0.2, -0.15) is 5.10 Å². The van der Waals surface area contributed by atoms with E-state index in [0.29, 0.717) is 23.6 Å². The van der Waals surface area contributed by atoms with Crippen molar-refractivity contribution in [2.75, 3.05) is 5.32 Å². The number of para-hydroxylation sites is 1. The lowest BCUT2D eigenvalue weighted by Gasteiger charge is -2.12. The van der Waals surface area contributed by atoms with E-state index in [0.717, 1.165) is 38.3 Å². The number of hydrogen-bond donors (Lipinski definition) is 1. The third-order valence-corrected chi connectivity index (χ3v) is 6.93. The zero-order valence-corrected chi connectivity index (χ0v) is 21.5. The summed E-state index contributed by atoms with van der Waals surface area (Å²) in [6.45, 7) is 10.5. The zero-order chi connectivity index (χ0) is 24.4. The smallest absolute Gasteiger partial charge is 0.278 e. The van der Waals surface area contributed by atoms with Gasteiger partial charge in [0.15, 0.2) is 5.69 Å². The van der Waals surface area contributed by atoms with E-state index >= 15 is 0 Å². The SMILES string of the molecule is Cc1cccc(C)c1OCc1c(C(=O)Nc2cccc(Cn3nc(C)c(Br)c3C)c2)noc1C. The minimum atomic E-state index is -0.344. The van der Waals surface area contributed by atoms with Crippen molar-refractivity contribution < 1.29 is 14.1 Å². The highest BCUT2D eigenvalue weighted by molar-refractivity contribution is 9.10. The number of ether oxygens (including phenoxy) is 1. The summed E-state index contributed by atoms with van der Waals surface area (Å²) in [6.07, 6.45) is 0. The molecule has 1 N–H and O–H groups in total. The van der Waals surface area contributed by atoms with Gasteiger partial charge in [0.1, 0.15) is 18.1 Å². The first-order chi connectivity index (χ1) is 16.2. The number of aromatic nitrogens is 3. The van der Waals surface area contributed by atoms with Gasteiger partial charge in [-0.25, -0.2) is 0 Å². The molecule has 8 heteroatoms. The number of benzene rings is 2. The molecule has 0 fully saturated rings. The van der Waals surface area contributed by atoms with Crippen molar-refractivity contribution in [3.8, 4) is 5.75 Å². The fourth-order valence-electron chi connectivity index (χ4n) is 3.85. The molecule has 0 unspecified atom stereocenters. The molecule has 2 aromatic carbocycles. The predicted octanol–water partition coefficient (Wildman–Crippen LogP) is 6.06. The highest BCUT2D eigenvalue weighted by atomic mass is 79.9. The lowest BCUT2D eigenvalue weighted by Crippen LogP contribution is -2.16. The summed E-state index contributed by atoms with van der Waals surface area (Å²) >= 11 is 3.56. The van der Waals surface area contributed by atoms with Crippen molar-refractivity contribution in [1.29, 1.82) is 0 Å². The molecule has 1 amide bonds. The molecule has 0 atom stereocenters. The van der Waals surface area contributed by atoms with E-state index in [1.54, 1.807) is 6.92 Å². The molecule has 0 spiro atoms. The Morgan fingerprint density at radius 3 is 2.47 bits per heavy atom. The largest absolute Gasteiger partial charge is 0.488 e. The average Bonchev–Trinajstić information content (AvgIpc) is 3.28. The lowest BCUT2D eigenvalue weighted by molar-refractivity contribution is 0.101. The fraction of sp³-hybridized carbons (Fsp3) is 0.269. The molecule has 0 radical (unpaired) electrons. The number of nitrogens with one attached hydrogen (secondary N) is 1. The van der Waals surface area contributed by atoms with Gasteiger partial charge in [0.05, 0.1) is 28.0 Å². The third kappa shape index (κ3) is 4.92. The molecule has 34 heavy (non-hydrogen) atoms. The average molecular weight is 523 g/mol. The molecule has 0 aliphatic carbocycles. The van der Waals surface area contributed by atoms with Gasteiger partial charge in [-0.3, -0.25) is 9.48 Å². The molecule has 4 aromatic rings. The molecule has 0 aliphatic heterocycles. The van der Waals surface area contributed by atoms with Crippen molar-refractivity contribution in [2.45, 2.75) is 47.8 Å². The van der Waals surface area contributed by atoms with Crippen molar-refractivity contribution in [1.82, 2.24) is 14.9 Å². The fourth-order valence-corrected chi connectivity index (χ4v) is 4.13. The van der Waals surface area contributed by atoms with E-state index < -0.39 is 0 Å². The molecule has 2 heterocycles. The number of aryl methyl sites for hydroxylation is 4. The summed E-state index contributed by atoms with van der Waals surface area (Å²) in [6, 6.07) is 13.7. The standard InChI is InChI=1S/C26H27BrN4O3/c1-15-8-6-9-16(2)25(15)33-14-22-19(5)34-30-24(22)26(32)28-21-11-7-10-20(12-21)13-31-18(4)23(27)17(3)29-31/h6-12H,13-14H2,1-5H3,(H,28,32). The van der Waals surface area contributed by atoms with Crippen LogP contribution in [0.25, 0.3) is 0 Å². The highest BCUT2D eigenvalue weighted by Gasteiger charge is 2.21. The number of carbonyl (C=O) groups excluding carboxylic acids is 1. The highest BCUT2D eigenvalue weighted by Crippen LogP contribution is 2.26. The summed E-state index contributed by atoms with van der Waals surface area (Å²) < 4.78 is 14.3. The summed E-state index contributed by atoms with van der Waals surface area (Å²) in [5.74, 6) is 1.01. The second-order valence-electron chi connectivity index (χ2n) is 8.37. The Labute approximate surface area is 207 Å². The van der Waals surface area contributed by atoms with Crippen LogP contribution in [0.1, 0.15) is 49.9 Å². The Balaban J connectivity index is 1.49. The summed E-state index contributed by atoms with van der Waals surface area (Å²) in [4.78, 5) is 13.1. The van der Waals surface area contributed by atoms with Crippen LogP contribution in [-0.2, 0) is 13.2 Å². The van der Waals surface area contributed by atoms with Crippen molar-refractivity contribution >= 4 is 27.5 Å². The minimum Gasteiger partial charge on any atom is -0.488 e. The molecule has 7 nitrogen and oxygen atoms in total. The Morgan fingerprint density at radius 1 is 1.09 bits per heavy atom. The van der Waals surface area contributed by atoms with Gasteiger partial charge >= 0.3 is 0 Å². The van der Waals surface area contributed by atoms with E-state index in [1.165, 1.54) is 0 Å². The molecule has 0 bridgehead atoms. The molecule has 176 valence electrons. The van der Waals surface area contributed by atoms with E-state index in [9.17, 15) is 4.79 Å². The summed E-state index contributed by atoms with van der Waals surface area (Å²) in [7, 11) is 0. The maximum atomic E-state index is 13.1. The van der Waals surface area contributed by atoms with Gasteiger partial charge in [0, 0.05) is 5.69 Å². The third-order valence-electron chi connectivity index (χ3n) is 5.78. The topological polar surface area (TPSA) is 82.2 Å². The zero-order valence-electron chi connectivity index (χ0n) is 19.9. The monoisotopic (exact) mass is 522 g/mol. The van der Waals surface area contributed by atoms with Gasteiger partial charge in [0.25, 0.3) is 5.91 Å². The first kappa shape index (κ1) is 23.8. The summed E-state index contributed by atoms with van der Waals surface area (Å²) in [5, 5.41) is 11.5. The molecular weight excluding hydrogens is 496 g/mol. The molecule has 2 aromatic heterocycles. The van der Waals surface area contributed by atoms with E-state index in [-0.39, 0.29) is 18.2 Å². The maximum Gasteiger partial charge on any atom is 0.278 e. The first-order valence-corrected chi connectivity index (χ1v) is 11.8. The van der Waals surface area contributed by atoms with Crippen LogP contribution < -0.4 is 10.1 Å². The van der Waals surface area contributed by atoms with E-state index in [4.69, 9.17) is 9.26 Å². The number of nitrogens with zero attached hydrogens (tertiary/aromatic N) is 3. The van der Waals surface area contributed by atoms with Crippen LogP contribution in [0.4, 0.5) is 5.69 Å². The first-order valence-electron chi connectivity index (χ1n) is 11.0. The normalized spacial score (nSPS) is 11.0. The number of hydrogen-bond acceptors (Lipinski definition) is 5. The van der Waals surface area contributed by atoms with Crippen LogP contribution in [0.15, 0.2) is 51.5 Å². The Kier molecular flexibility index (Phi) is 6.88. The van der Waals surface area contributed by atoms with Gasteiger partial charge < -0.3 is 14.6 Å². The van der Waals surface area contributed by atoms with Gasteiger partial charge in [-0.1, -0.05) is 35.5 Å². The van der Waals surface area contributed by atoms with Gasteiger partial charge in [-0.15, -0.1) is 0 Å². The predicted molar refractivity (Wildman–Crippen MR) is 134 cm³/mol. The van der Waals surface area contributed by atoms with Crippen LogP contribution in [0.3, 0.4) is 0 Å². The number of carbonyl (C=O) groups is 1. The minimum absolute atomic E-state index is 0.191. The van der Waals surface area contributed by atoms with Crippen molar-refractivity contribution in [2.24, 2.45) is 0 Å². The number of amides is 1. The van der Waals surface area contributed by atoms with E-state index in [1.807, 2.05) is 74.8 Å². The van der Waals surface area contributed by atoms with E-state index in [2.05, 4.69) is 31.5 Å². The van der Waals surface area contributed by atoms with Gasteiger partial charge in [0.2, 0.25) is 0 Å². The van der Waals surface area contributed by atoms with Crippen LogP contribution in [0, 0.1) is 34.6 Å². The lowest BCUT2D eigenvalue weighted by atomic mass is 10.1. The van der Waals surface area contributed by atoms with Crippen molar-refractivity contribution in [3.05, 3.63) is 92.0 Å².